The largest absolute Gasteiger partial charge is 0.370 e. The number of hydrogen-bond donors (Lipinski definition) is 2. The van der Waals surface area contributed by atoms with Gasteiger partial charge in [0.1, 0.15) is 11.7 Å². The van der Waals surface area contributed by atoms with Crippen LogP contribution in [0.5, 0.6) is 0 Å². The zero-order valence-corrected chi connectivity index (χ0v) is 17.8. The number of carbonyl (C=O) groups excluding carboxylic acids is 1. The Labute approximate surface area is 184 Å². The van der Waals surface area contributed by atoms with Gasteiger partial charge in [0, 0.05) is 49.9 Å². The third-order valence-electron chi connectivity index (χ3n) is 7.19. The first-order valence-corrected chi connectivity index (χ1v) is 11.1. The number of nitrogens with zero attached hydrogens (tertiary/aromatic N) is 6. The van der Waals surface area contributed by atoms with E-state index in [0.717, 1.165) is 42.4 Å². The minimum absolute atomic E-state index is 0.176. The summed E-state index contributed by atoms with van der Waals surface area (Å²) >= 11 is 0. The van der Waals surface area contributed by atoms with Crippen molar-refractivity contribution in [3.05, 3.63) is 29.8 Å². The Balaban J connectivity index is 1.12. The van der Waals surface area contributed by atoms with Crippen LogP contribution in [-0.2, 0) is 0 Å². The molecule has 6 rings (SSSR count). The van der Waals surface area contributed by atoms with Gasteiger partial charge in [-0.3, -0.25) is 5.32 Å². The predicted octanol–water partition coefficient (Wildman–Crippen LogP) is 3.07. The van der Waals surface area contributed by atoms with Crippen LogP contribution >= 0.6 is 0 Å². The maximum atomic E-state index is 12.7. The van der Waals surface area contributed by atoms with Crippen molar-refractivity contribution in [3.8, 4) is 6.07 Å². The number of fused-ring (bicyclic) bond motifs is 2. The Morgan fingerprint density at radius 2 is 2.12 bits per heavy atom. The van der Waals surface area contributed by atoms with E-state index in [0.29, 0.717) is 48.3 Å². The average Bonchev–Trinajstić information content (AvgIpc) is 3.17. The molecule has 2 unspecified atom stereocenters. The van der Waals surface area contributed by atoms with Gasteiger partial charge >= 0.3 is 12.0 Å². The Morgan fingerprint density at radius 1 is 1.34 bits per heavy atom. The van der Waals surface area contributed by atoms with E-state index in [1.165, 1.54) is 0 Å². The van der Waals surface area contributed by atoms with Gasteiger partial charge in [-0.25, -0.2) is 9.78 Å². The first-order chi connectivity index (χ1) is 15.6. The molecule has 2 N–H and O–H groups in total. The molecule has 0 aromatic carbocycles. The third-order valence-corrected chi connectivity index (χ3v) is 7.19. The van der Waals surface area contributed by atoms with E-state index < -0.39 is 0 Å². The summed E-state index contributed by atoms with van der Waals surface area (Å²) in [7, 11) is 2.06. The van der Waals surface area contributed by atoms with Crippen LogP contribution in [0.4, 0.5) is 16.5 Å². The lowest BCUT2D eigenvalue weighted by atomic mass is 10.0. The molecule has 10 heteroatoms. The number of carbonyl (C=O) groups is 1. The van der Waals surface area contributed by atoms with Crippen LogP contribution in [-0.4, -0.2) is 57.2 Å². The lowest BCUT2D eigenvalue weighted by Gasteiger charge is -2.29. The molecule has 3 atom stereocenters. The molecule has 1 saturated heterocycles. The second-order valence-electron chi connectivity index (χ2n) is 9.20. The Kier molecular flexibility index (Phi) is 4.31. The van der Waals surface area contributed by atoms with Crippen LogP contribution < -0.4 is 10.2 Å². The van der Waals surface area contributed by atoms with E-state index in [9.17, 15) is 10.1 Å². The minimum Gasteiger partial charge on any atom is -0.370 e. The quantitative estimate of drug-likeness (QED) is 0.648. The molecule has 0 spiro atoms. The number of nitriles is 1. The van der Waals surface area contributed by atoms with E-state index in [-0.39, 0.29) is 12.0 Å². The summed E-state index contributed by atoms with van der Waals surface area (Å²) in [4.78, 5) is 28.6. The SMILES string of the molecule is CN(c1c(C#N)cnc2[nH]ccc12)C1CC2CN(C(=O)Nc3nc(C4CC4)no3)C[C@H]2C1. The number of anilines is 2. The van der Waals surface area contributed by atoms with Crippen molar-refractivity contribution in [1.29, 1.82) is 5.26 Å². The summed E-state index contributed by atoms with van der Waals surface area (Å²) < 4.78 is 5.18. The van der Waals surface area contributed by atoms with Crippen molar-refractivity contribution in [2.75, 3.05) is 30.4 Å². The second kappa shape index (κ2) is 7.22. The molecule has 164 valence electrons. The number of nitrogens with one attached hydrogen (secondary N) is 2. The molecule has 3 aliphatic rings. The van der Waals surface area contributed by atoms with E-state index in [1.54, 1.807) is 6.20 Å². The van der Waals surface area contributed by atoms with E-state index in [4.69, 9.17) is 4.52 Å². The first kappa shape index (κ1) is 19.1. The molecule has 3 aromatic rings. The lowest BCUT2D eigenvalue weighted by Crippen LogP contribution is -2.36. The van der Waals surface area contributed by atoms with Crippen LogP contribution in [0.1, 0.15) is 43.0 Å². The van der Waals surface area contributed by atoms with Gasteiger partial charge in [0.2, 0.25) is 0 Å². The van der Waals surface area contributed by atoms with Gasteiger partial charge in [0.05, 0.1) is 11.3 Å². The molecule has 4 heterocycles. The van der Waals surface area contributed by atoms with Crippen LogP contribution in [0.15, 0.2) is 23.0 Å². The predicted molar refractivity (Wildman–Crippen MR) is 116 cm³/mol. The highest BCUT2D eigenvalue weighted by molar-refractivity contribution is 5.93. The lowest BCUT2D eigenvalue weighted by molar-refractivity contribution is 0.217. The number of hydrogen-bond acceptors (Lipinski definition) is 7. The third kappa shape index (κ3) is 3.16. The van der Waals surface area contributed by atoms with Crippen molar-refractivity contribution in [1.82, 2.24) is 25.0 Å². The maximum absolute atomic E-state index is 12.7. The summed E-state index contributed by atoms with van der Waals surface area (Å²) in [6.45, 7) is 1.43. The van der Waals surface area contributed by atoms with Gasteiger partial charge in [-0.1, -0.05) is 5.16 Å². The van der Waals surface area contributed by atoms with Crippen molar-refractivity contribution in [2.45, 2.75) is 37.6 Å². The van der Waals surface area contributed by atoms with Gasteiger partial charge in [-0.05, 0) is 43.6 Å². The number of amides is 2. The summed E-state index contributed by atoms with van der Waals surface area (Å²) in [6.07, 6.45) is 7.63. The number of H-pyrrole nitrogens is 1. The first-order valence-electron chi connectivity index (χ1n) is 11.1. The Bertz CT molecular complexity index is 1210. The smallest absolute Gasteiger partial charge is 0.329 e. The zero-order chi connectivity index (χ0) is 21.8. The van der Waals surface area contributed by atoms with Gasteiger partial charge in [-0.15, -0.1) is 0 Å². The topological polar surface area (TPSA) is 127 Å². The van der Waals surface area contributed by atoms with Crippen LogP contribution in [0.2, 0.25) is 0 Å². The molecule has 2 amide bonds. The van der Waals surface area contributed by atoms with E-state index in [1.807, 2.05) is 17.2 Å². The van der Waals surface area contributed by atoms with Crippen LogP contribution in [0.3, 0.4) is 0 Å². The van der Waals surface area contributed by atoms with Crippen molar-refractivity contribution >= 4 is 28.8 Å². The van der Waals surface area contributed by atoms with Gasteiger partial charge in [0.15, 0.2) is 5.82 Å². The molecule has 1 aliphatic heterocycles. The second-order valence-corrected chi connectivity index (χ2v) is 9.20. The molecule has 3 aromatic heterocycles. The van der Waals surface area contributed by atoms with Crippen molar-refractivity contribution < 1.29 is 9.32 Å². The summed E-state index contributed by atoms with van der Waals surface area (Å²) in [5.41, 5.74) is 2.31. The fourth-order valence-corrected chi connectivity index (χ4v) is 5.35. The van der Waals surface area contributed by atoms with Crippen LogP contribution in [0, 0.1) is 23.2 Å². The highest BCUT2D eigenvalue weighted by atomic mass is 16.5. The number of pyridine rings is 1. The number of likely N-dealkylation sites (tertiary alicyclic amines) is 1. The number of aromatic amines is 1. The molecule has 0 bridgehead atoms. The van der Waals surface area contributed by atoms with Crippen molar-refractivity contribution in [3.63, 3.8) is 0 Å². The monoisotopic (exact) mass is 432 g/mol. The number of urea groups is 1. The highest BCUT2D eigenvalue weighted by Gasteiger charge is 2.44. The zero-order valence-electron chi connectivity index (χ0n) is 17.8. The van der Waals surface area contributed by atoms with Gasteiger partial charge in [-0.2, -0.15) is 10.2 Å². The molecule has 2 aliphatic carbocycles. The maximum Gasteiger partial charge on any atom is 0.329 e. The minimum atomic E-state index is -0.176. The normalized spacial score (nSPS) is 24.5. The fourth-order valence-electron chi connectivity index (χ4n) is 5.35. The number of rotatable bonds is 4. The standard InChI is InChI=1S/C22H24N8O2/c1-29(18-15(8-23)9-25-20-17(18)4-5-24-20)16-6-13-10-30(11-14(13)7-16)22(31)27-21-26-19(28-32-21)12-2-3-12/h4-5,9,12-14,16H,2-3,6-7,10-11H2,1H3,(H,24,25)(H,26,27,28,31)/t13-,14?,16?/m1/s1. The molecular weight excluding hydrogens is 408 g/mol. The summed E-state index contributed by atoms with van der Waals surface area (Å²) in [5.74, 6) is 1.95. The molecule has 10 nitrogen and oxygen atoms in total. The molecule has 2 saturated carbocycles. The van der Waals surface area contributed by atoms with Gasteiger partial charge < -0.3 is 19.3 Å². The molecular formula is C22H24N8O2. The summed E-state index contributed by atoms with van der Waals surface area (Å²) in [6, 6.07) is 4.59. The van der Waals surface area contributed by atoms with Crippen molar-refractivity contribution in [2.24, 2.45) is 11.8 Å². The fraction of sp³-hybridized carbons (Fsp3) is 0.500. The Hall–Kier alpha value is -3.61. The molecule has 3 fully saturated rings. The van der Waals surface area contributed by atoms with E-state index in [2.05, 4.69) is 43.4 Å². The highest BCUT2D eigenvalue weighted by Crippen LogP contribution is 2.43. The molecule has 0 radical (unpaired) electrons. The number of aromatic nitrogens is 4. The van der Waals surface area contributed by atoms with E-state index >= 15 is 0 Å². The van der Waals surface area contributed by atoms with Crippen LogP contribution in [0.25, 0.3) is 11.0 Å². The Morgan fingerprint density at radius 3 is 2.84 bits per heavy atom. The average molecular weight is 432 g/mol. The van der Waals surface area contributed by atoms with Gasteiger partial charge in [0.25, 0.3) is 0 Å². The molecule has 32 heavy (non-hydrogen) atoms. The summed E-state index contributed by atoms with van der Waals surface area (Å²) in [5, 5.41) is 17.3.